The van der Waals surface area contributed by atoms with E-state index in [9.17, 15) is 0 Å². The van der Waals surface area contributed by atoms with E-state index in [1.165, 1.54) is 0 Å². The number of pyridine rings is 1. The van der Waals surface area contributed by atoms with Gasteiger partial charge in [0.1, 0.15) is 0 Å². The minimum Gasteiger partial charge on any atom is -0.392 e. The Morgan fingerprint density at radius 3 is 2.68 bits per heavy atom. The maximum absolute atomic E-state index is 9.10. The molecule has 0 radical (unpaired) electrons. The van der Waals surface area contributed by atoms with E-state index in [1.54, 1.807) is 11.8 Å². The highest BCUT2D eigenvalue weighted by Gasteiger charge is 2.09. The Labute approximate surface area is 134 Å². The number of aromatic nitrogens is 1. The predicted molar refractivity (Wildman–Crippen MR) is 89.5 cm³/mol. The van der Waals surface area contributed by atoms with Crippen molar-refractivity contribution in [2.45, 2.75) is 18.9 Å². The molecule has 110 valence electrons. The lowest BCUT2D eigenvalue weighted by Gasteiger charge is -2.01. The van der Waals surface area contributed by atoms with E-state index in [1.807, 2.05) is 36.7 Å². The average molecular weight is 309 g/mol. The molecule has 1 aromatic heterocycles. The predicted octanol–water partition coefficient (Wildman–Crippen LogP) is 2.54. The van der Waals surface area contributed by atoms with Gasteiger partial charge in [-0.05, 0) is 30.0 Å². The standard InChI is InChI=1S/C18H16N2OS/c1-13-20-18(12-22-13)7-4-15-8-17(10-19-9-15)16-5-2-14(11-21)3-6-16/h2-3,5-6,8-10,12-13,20-21H,11H2,1H3/p+1. The van der Waals surface area contributed by atoms with Crippen LogP contribution in [0, 0.1) is 11.8 Å². The zero-order chi connectivity index (χ0) is 15.4. The van der Waals surface area contributed by atoms with Gasteiger partial charge in [0.25, 0.3) is 0 Å². The van der Waals surface area contributed by atoms with Crippen LogP contribution in [-0.4, -0.2) is 10.5 Å². The molecule has 2 heterocycles. The summed E-state index contributed by atoms with van der Waals surface area (Å²) < 4.78 is 0. The summed E-state index contributed by atoms with van der Waals surface area (Å²) >= 11 is 1.74. The molecule has 0 spiro atoms. The van der Waals surface area contributed by atoms with Crippen LogP contribution in [0.15, 0.2) is 53.8 Å². The molecule has 1 atom stereocenters. The lowest BCUT2D eigenvalue weighted by Crippen LogP contribution is -2.15. The molecule has 0 saturated carbocycles. The zero-order valence-corrected chi connectivity index (χ0v) is 13.1. The topological polar surface area (TPSA) is 46.4 Å². The van der Waals surface area contributed by atoms with Crippen LogP contribution in [0.5, 0.6) is 0 Å². The van der Waals surface area contributed by atoms with E-state index in [0.717, 1.165) is 28.0 Å². The summed E-state index contributed by atoms with van der Waals surface area (Å²) in [5, 5.41) is 14.8. The van der Waals surface area contributed by atoms with Crippen molar-refractivity contribution >= 4 is 11.8 Å². The van der Waals surface area contributed by atoms with Gasteiger partial charge in [0.15, 0.2) is 12.4 Å². The first-order valence-corrected chi connectivity index (χ1v) is 8.04. The SMILES string of the molecule is CC1NC(C#Cc2c[nH+]cc(-c3ccc(CO)cc3)c2)=CS1. The fourth-order valence-corrected chi connectivity index (χ4v) is 2.84. The first kappa shape index (κ1) is 14.7. The van der Waals surface area contributed by atoms with Gasteiger partial charge >= 0.3 is 0 Å². The fourth-order valence-electron chi connectivity index (χ4n) is 2.18. The number of aliphatic hydroxyl groups is 1. The number of allylic oxidation sites excluding steroid dienone is 1. The highest BCUT2D eigenvalue weighted by atomic mass is 32.2. The molecule has 0 amide bonds. The van der Waals surface area contributed by atoms with Crippen molar-refractivity contribution in [3.8, 4) is 23.0 Å². The Kier molecular flexibility index (Phi) is 4.47. The first-order valence-electron chi connectivity index (χ1n) is 7.10. The highest BCUT2D eigenvalue weighted by Crippen LogP contribution is 2.20. The van der Waals surface area contributed by atoms with Crippen LogP contribution in [0.25, 0.3) is 11.1 Å². The third-order valence-corrected chi connectivity index (χ3v) is 4.25. The van der Waals surface area contributed by atoms with E-state index >= 15 is 0 Å². The van der Waals surface area contributed by atoms with Crippen LogP contribution in [-0.2, 0) is 6.61 Å². The van der Waals surface area contributed by atoms with Crippen molar-refractivity contribution in [3.05, 3.63) is 65.0 Å². The van der Waals surface area contributed by atoms with Crippen molar-refractivity contribution in [1.29, 1.82) is 0 Å². The molecule has 2 aromatic rings. The molecule has 22 heavy (non-hydrogen) atoms. The summed E-state index contributed by atoms with van der Waals surface area (Å²) in [6.07, 6.45) is 3.84. The number of hydrogen-bond acceptors (Lipinski definition) is 3. The van der Waals surface area contributed by atoms with Gasteiger partial charge in [0, 0.05) is 11.0 Å². The Bertz CT molecular complexity index is 757. The largest absolute Gasteiger partial charge is 0.392 e. The maximum atomic E-state index is 9.10. The number of benzene rings is 1. The van der Waals surface area contributed by atoms with E-state index in [4.69, 9.17) is 5.11 Å². The number of nitrogens with one attached hydrogen (secondary N) is 2. The summed E-state index contributed by atoms with van der Waals surface area (Å²) in [7, 11) is 0. The first-order chi connectivity index (χ1) is 10.7. The second-order valence-corrected chi connectivity index (χ2v) is 6.28. The van der Waals surface area contributed by atoms with Crippen LogP contribution in [0.1, 0.15) is 18.1 Å². The van der Waals surface area contributed by atoms with Gasteiger partial charge in [-0.3, -0.25) is 0 Å². The Morgan fingerprint density at radius 2 is 2.00 bits per heavy atom. The number of aliphatic hydroxyl groups excluding tert-OH is 1. The van der Waals surface area contributed by atoms with Crippen LogP contribution < -0.4 is 10.3 Å². The van der Waals surface area contributed by atoms with Crippen molar-refractivity contribution in [1.82, 2.24) is 5.32 Å². The number of H-pyrrole nitrogens is 1. The minimum absolute atomic E-state index is 0.0659. The van der Waals surface area contributed by atoms with Crippen LogP contribution in [0.3, 0.4) is 0 Å². The number of aromatic amines is 1. The normalized spacial score (nSPS) is 16.5. The molecule has 0 aliphatic carbocycles. The molecule has 1 aliphatic heterocycles. The van der Waals surface area contributed by atoms with Crippen molar-refractivity contribution in [3.63, 3.8) is 0 Å². The Balaban J connectivity index is 1.82. The molecule has 3 rings (SSSR count). The van der Waals surface area contributed by atoms with Gasteiger partial charge in [-0.2, -0.15) is 0 Å². The molecule has 1 aromatic carbocycles. The van der Waals surface area contributed by atoms with Crippen molar-refractivity contribution in [2.75, 3.05) is 0 Å². The van der Waals surface area contributed by atoms with Crippen LogP contribution in [0.4, 0.5) is 0 Å². The summed E-state index contributed by atoms with van der Waals surface area (Å²) in [4.78, 5) is 3.14. The fraction of sp³-hybridized carbons (Fsp3) is 0.167. The molecular weight excluding hydrogens is 292 g/mol. The second-order valence-electron chi connectivity index (χ2n) is 5.07. The molecule has 4 heteroatoms. The van der Waals surface area contributed by atoms with Gasteiger partial charge in [0.05, 0.1) is 23.2 Å². The Hall–Kier alpha value is -2.22. The van der Waals surface area contributed by atoms with Gasteiger partial charge in [-0.1, -0.05) is 30.2 Å². The molecule has 1 unspecified atom stereocenters. The van der Waals surface area contributed by atoms with Gasteiger partial charge in [-0.15, -0.1) is 11.8 Å². The zero-order valence-electron chi connectivity index (χ0n) is 12.3. The van der Waals surface area contributed by atoms with Crippen LogP contribution >= 0.6 is 11.8 Å². The second kappa shape index (κ2) is 6.69. The van der Waals surface area contributed by atoms with E-state index in [2.05, 4.69) is 40.5 Å². The van der Waals surface area contributed by atoms with Gasteiger partial charge in [0.2, 0.25) is 0 Å². The maximum Gasteiger partial charge on any atom is 0.182 e. The molecule has 0 fully saturated rings. The lowest BCUT2D eigenvalue weighted by atomic mass is 10.0. The number of rotatable bonds is 2. The number of hydrogen-bond donors (Lipinski definition) is 2. The van der Waals surface area contributed by atoms with E-state index < -0.39 is 0 Å². The molecule has 0 bridgehead atoms. The monoisotopic (exact) mass is 309 g/mol. The smallest absolute Gasteiger partial charge is 0.182 e. The average Bonchev–Trinajstić information content (AvgIpc) is 2.99. The summed E-state index contributed by atoms with van der Waals surface area (Å²) in [5.74, 6) is 6.33. The third-order valence-electron chi connectivity index (χ3n) is 3.35. The molecular formula is C18H17N2OS+. The molecule has 0 saturated heterocycles. The van der Waals surface area contributed by atoms with Crippen molar-refractivity contribution in [2.24, 2.45) is 0 Å². The molecule has 3 nitrogen and oxygen atoms in total. The van der Waals surface area contributed by atoms with Gasteiger partial charge < -0.3 is 10.4 Å². The van der Waals surface area contributed by atoms with Gasteiger partial charge in [-0.25, -0.2) is 4.98 Å². The number of thioether (sulfide) groups is 1. The summed E-state index contributed by atoms with van der Waals surface area (Å²) in [5.41, 5.74) is 4.99. The lowest BCUT2D eigenvalue weighted by molar-refractivity contribution is -0.377. The van der Waals surface area contributed by atoms with E-state index in [-0.39, 0.29) is 6.61 Å². The van der Waals surface area contributed by atoms with Crippen LogP contribution in [0.2, 0.25) is 0 Å². The molecule has 3 N–H and O–H groups in total. The highest BCUT2D eigenvalue weighted by molar-refractivity contribution is 8.02. The van der Waals surface area contributed by atoms with E-state index in [0.29, 0.717) is 5.37 Å². The minimum atomic E-state index is 0.0659. The summed E-state index contributed by atoms with van der Waals surface area (Å²) in [6.45, 7) is 2.18. The molecule has 1 aliphatic rings. The Morgan fingerprint density at radius 1 is 1.18 bits per heavy atom. The van der Waals surface area contributed by atoms with Crippen molar-refractivity contribution < 1.29 is 10.1 Å². The quantitative estimate of drug-likeness (QED) is 0.838. The summed E-state index contributed by atoms with van der Waals surface area (Å²) in [6, 6.07) is 9.93. The third kappa shape index (κ3) is 3.51.